The first kappa shape index (κ1) is 13.9. The summed E-state index contributed by atoms with van der Waals surface area (Å²) in [4.78, 5) is 10.2. The van der Waals surface area contributed by atoms with Gasteiger partial charge in [-0.1, -0.05) is 6.07 Å². The smallest absolute Gasteiger partial charge is 0.273 e. The van der Waals surface area contributed by atoms with Crippen LogP contribution in [0.25, 0.3) is 0 Å². The highest BCUT2D eigenvalue weighted by Gasteiger charge is 2.26. The third-order valence-corrected chi connectivity index (χ3v) is 4.79. The van der Waals surface area contributed by atoms with Crippen LogP contribution in [0.3, 0.4) is 0 Å². The molecule has 0 spiro atoms. The summed E-state index contributed by atoms with van der Waals surface area (Å²) in [5.74, 6) is 0. The molecule has 1 aliphatic heterocycles. The van der Waals surface area contributed by atoms with Crippen molar-refractivity contribution in [2.45, 2.75) is 24.3 Å². The van der Waals surface area contributed by atoms with E-state index in [1.807, 2.05) is 0 Å². The molecule has 7 nitrogen and oxygen atoms in total. The second-order valence-corrected chi connectivity index (χ2v) is 6.15. The molecule has 2 rings (SSSR count). The zero-order chi connectivity index (χ0) is 14.0. The molecule has 1 aromatic carbocycles. The summed E-state index contributed by atoms with van der Waals surface area (Å²) in [6, 6.07) is 3.90. The van der Waals surface area contributed by atoms with E-state index >= 15 is 0 Å². The predicted octanol–water partition coefficient (Wildman–Crippen LogP) is 0.543. The normalized spacial score (nSPS) is 19.5. The molecular formula is C11H15N3O4S. The first-order chi connectivity index (χ1) is 8.92. The Bertz CT molecular complexity index is 594. The second kappa shape index (κ2) is 5.24. The van der Waals surface area contributed by atoms with Gasteiger partial charge in [-0.15, -0.1) is 0 Å². The minimum absolute atomic E-state index is 0.0337. The number of hydrogen-bond acceptors (Lipinski definition) is 5. The second-order valence-electron chi connectivity index (χ2n) is 4.47. The highest BCUT2D eigenvalue weighted by Crippen LogP contribution is 2.24. The minimum Gasteiger partial charge on any atom is -0.315 e. The zero-order valence-corrected chi connectivity index (χ0v) is 11.2. The lowest BCUT2D eigenvalue weighted by molar-refractivity contribution is -0.385. The summed E-state index contributed by atoms with van der Waals surface area (Å²) in [6.07, 6.45) is 0.715. The molecule has 1 saturated heterocycles. The van der Waals surface area contributed by atoms with Crippen molar-refractivity contribution in [2.75, 3.05) is 13.1 Å². The van der Waals surface area contributed by atoms with E-state index in [9.17, 15) is 18.5 Å². The molecule has 1 heterocycles. The number of benzene rings is 1. The van der Waals surface area contributed by atoms with Crippen molar-refractivity contribution in [3.63, 3.8) is 0 Å². The summed E-state index contributed by atoms with van der Waals surface area (Å²) in [5.41, 5.74) is -0.0293. The lowest BCUT2D eigenvalue weighted by Crippen LogP contribution is -2.36. The van der Waals surface area contributed by atoms with Crippen LogP contribution in [0.5, 0.6) is 0 Å². The molecule has 19 heavy (non-hydrogen) atoms. The molecule has 0 bridgehead atoms. The van der Waals surface area contributed by atoms with Crippen LogP contribution in [0.1, 0.15) is 12.0 Å². The summed E-state index contributed by atoms with van der Waals surface area (Å²) in [6.45, 7) is 2.79. The predicted molar refractivity (Wildman–Crippen MR) is 69.4 cm³/mol. The first-order valence-electron chi connectivity index (χ1n) is 5.89. The Morgan fingerprint density at radius 3 is 2.79 bits per heavy atom. The molecule has 104 valence electrons. The van der Waals surface area contributed by atoms with Crippen LogP contribution in [-0.4, -0.2) is 32.5 Å². The fourth-order valence-electron chi connectivity index (χ4n) is 2.13. The van der Waals surface area contributed by atoms with Gasteiger partial charge >= 0.3 is 0 Å². The molecule has 8 heteroatoms. The van der Waals surface area contributed by atoms with Crippen LogP contribution in [0.2, 0.25) is 0 Å². The van der Waals surface area contributed by atoms with E-state index < -0.39 is 14.9 Å². The van der Waals surface area contributed by atoms with Crippen molar-refractivity contribution >= 4 is 15.7 Å². The molecule has 1 aliphatic rings. The SMILES string of the molecule is Cc1c([N+](=O)[O-])cccc1S(=O)(=O)N[C@H]1CCNC1. The van der Waals surface area contributed by atoms with E-state index in [-0.39, 0.29) is 22.2 Å². The number of rotatable bonds is 4. The molecule has 0 saturated carbocycles. The van der Waals surface area contributed by atoms with Crippen molar-refractivity contribution < 1.29 is 13.3 Å². The van der Waals surface area contributed by atoms with Gasteiger partial charge in [-0.3, -0.25) is 10.1 Å². The quantitative estimate of drug-likeness (QED) is 0.621. The van der Waals surface area contributed by atoms with E-state index in [1.54, 1.807) is 0 Å². The van der Waals surface area contributed by atoms with Gasteiger partial charge in [0.15, 0.2) is 0 Å². The average molecular weight is 285 g/mol. The van der Waals surface area contributed by atoms with Crippen LogP contribution in [0.4, 0.5) is 5.69 Å². The molecule has 2 N–H and O–H groups in total. The van der Waals surface area contributed by atoms with Crippen molar-refractivity contribution in [3.8, 4) is 0 Å². The highest BCUT2D eigenvalue weighted by atomic mass is 32.2. The van der Waals surface area contributed by atoms with Gasteiger partial charge < -0.3 is 5.32 Å². The molecule has 0 amide bonds. The Labute approximate surface area is 111 Å². The Morgan fingerprint density at radius 2 is 2.21 bits per heavy atom. The fourth-order valence-corrected chi connectivity index (χ4v) is 3.66. The minimum atomic E-state index is -3.72. The van der Waals surface area contributed by atoms with E-state index in [1.165, 1.54) is 25.1 Å². The topological polar surface area (TPSA) is 101 Å². The number of nitro benzene ring substituents is 1. The van der Waals surface area contributed by atoms with Gasteiger partial charge in [0, 0.05) is 24.2 Å². The number of sulfonamides is 1. The molecule has 1 fully saturated rings. The number of nitrogens with zero attached hydrogens (tertiary/aromatic N) is 1. The molecular weight excluding hydrogens is 270 g/mol. The van der Waals surface area contributed by atoms with Gasteiger partial charge in [0.05, 0.1) is 9.82 Å². The van der Waals surface area contributed by atoms with Gasteiger partial charge in [0.2, 0.25) is 10.0 Å². The molecule has 0 radical (unpaired) electrons. The maximum Gasteiger partial charge on any atom is 0.273 e. The molecule has 0 unspecified atom stereocenters. The number of nitrogens with one attached hydrogen (secondary N) is 2. The van der Waals surface area contributed by atoms with Crippen molar-refractivity contribution in [2.24, 2.45) is 0 Å². The maximum atomic E-state index is 12.2. The van der Waals surface area contributed by atoms with Gasteiger partial charge in [0.25, 0.3) is 5.69 Å². The fraction of sp³-hybridized carbons (Fsp3) is 0.455. The molecule has 0 aliphatic carbocycles. The van der Waals surface area contributed by atoms with Crippen molar-refractivity contribution in [1.29, 1.82) is 0 Å². The summed E-state index contributed by atoms with van der Waals surface area (Å²) in [5, 5.41) is 13.9. The van der Waals surface area contributed by atoms with Gasteiger partial charge in [-0.05, 0) is 26.0 Å². The lowest BCUT2D eigenvalue weighted by Gasteiger charge is -2.13. The van der Waals surface area contributed by atoms with Gasteiger partial charge in [0.1, 0.15) is 0 Å². The monoisotopic (exact) mass is 285 g/mol. The summed E-state index contributed by atoms with van der Waals surface area (Å²) in [7, 11) is -3.72. The van der Waals surface area contributed by atoms with Crippen molar-refractivity contribution in [3.05, 3.63) is 33.9 Å². The number of hydrogen-bond donors (Lipinski definition) is 2. The van der Waals surface area contributed by atoms with Crippen LogP contribution < -0.4 is 10.0 Å². The summed E-state index contributed by atoms with van der Waals surface area (Å²) >= 11 is 0. The molecule has 1 aromatic rings. The highest BCUT2D eigenvalue weighted by molar-refractivity contribution is 7.89. The van der Waals surface area contributed by atoms with Crippen LogP contribution in [0.15, 0.2) is 23.1 Å². The van der Waals surface area contributed by atoms with Crippen LogP contribution >= 0.6 is 0 Å². The third kappa shape index (κ3) is 2.91. The van der Waals surface area contributed by atoms with E-state index in [0.717, 1.165) is 6.54 Å². The lowest BCUT2D eigenvalue weighted by atomic mass is 10.2. The standard InChI is InChI=1S/C11H15N3O4S/c1-8-10(14(15)16)3-2-4-11(8)19(17,18)13-9-5-6-12-7-9/h2-4,9,12-13H,5-7H2,1H3/t9-/m0/s1. The largest absolute Gasteiger partial charge is 0.315 e. The van der Waals surface area contributed by atoms with Crippen molar-refractivity contribution in [1.82, 2.24) is 10.0 Å². The van der Waals surface area contributed by atoms with E-state index in [4.69, 9.17) is 0 Å². The van der Waals surface area contributed by atoms with Gasteiger partial charge in [-0.25, -0.2) is 13.1 Å². The Kier molecular flexibility index (Phi) is 3.83. The van der Waals surface area contributed by atoms with Crippen LogP contribution in [0, 0.1) is 17.0 Å². The molecule has 1 atom stereocenters. The Morgan fingerprint density at radius 1 is 1.47 bits per heavy atom. The average Bonchev–Trinajstić information content (AvgIpc) is 2.80. The zero-order valence-electron chi connectivity index (χ0n) is 10.4. The maximum absolute atomic E-state index is 12.2. The van der Waals surface area contributed by atoms with Gasteiger partial charge in [-0.2, -0.15) is 0 Å². The van der Waals surface area contributed by atoms with E-state index in [0.29, 0.717) is 13.0 Å². The first-order valence-corrected chi connectivity index (χ1v) is 7.37. The number of nitro groups is 1. The Hall–Kier alpha value is -1.51. The molecule has 0 aromatic heterocycles. The van der Waals surface area contributed by atoms with E-state index in [2.05, 4.69) is 10.0 Å². The van der Waals surface area contributed by atoms with Crippen LogP contribution in [-0.2, 0) is 10.0 Å². The summed E-state index contributed by atoms with van der Waals surface area (Å²) < 4.78 is 27.0. The Balaban J connectivity index is 2.34. The third-order valence-electron chi connectivity index (χ3n) is 3.12.